The molecular formula is C12H16F3N5. The van der Waals surface area contributed by atoms with Crippen molar-refractivity contribution in [3.63, 3.8) is 0 Å². The third-order valence-electron chi connectivity index (χ3n) is 2.91. The molecule has 0 aliphatic rings. The fourth-order valence-electron chi connectivity index (χ4n) is 1.95. The Kier molecular flexibility index (Phi) is 3.74. The van der Waals surface area contributed by atoms with Crippen LogP contribution in [0.3, 0.4) is 0 Å². The van der Waals surface area contributed by atoms with E-state index < -0.39 is 11.9 Å². The summed E-state index contributed by atoms with van der Waals surface area (Å²) in [4.78, 5) is 0. The summed E-state index contributed by atoms with van der Waals surface area (Å²) >= 11 is 0. The third kappa shape index (κ3) is 2.94. The summed E-state index contributed by atoms with van der Waals surface area (Å²) in [5, 5.41) is 10.7. The molecule has 110 valence electrons. The molecule has 0 amide bonds. The van der Waals surface area contributed by atoms with Crippen LogP contribution >= 0.6 is 0 Å². The first kappa shape index (κ1) is 14.4. The first-order chi connectivity index (χ1) is 9.31. The van der Waals surface area contributed by atoms with Crippen molar-refractivity contribution in [2.45, 2.75) is 33.1 Å². The summed E-state index contributed by atoms with van der Waals surface area (Å²) in [5.41, 5.74) is 0.741. The lowest BCUT2D eigenvalue weighted by Crippen LogP contribution is -2.11. The zero-order valence-corrected chi connectivity index (χ0v) is 11.5. The standard InChI is InChI=1S/C12H16F3N5/c1-4-20-7-10(8(2)17-20)16-5-9-6-19(3)18-11(9)12(13,14)15/h6-7,16H,4-5H2,1-3H3. The molecule has 0 saturated heterocycles. The minimum absolute atomic E-state index is 0.0545. The van der Waals surface area contributed by atoms with Gasteiger partial charge in [-0.1, -0.05) is 0 Å². The van der Waals surface area contributed by atoms with Gasteiger partial charge in [-0.05, 0) is 13.8 Å². The number of hydrogen-bond acceptors (Lipinski definition) is 3. The molecule has 1 N–H and O–H groups in total. The van der Waals surface area contributed by atoms with Crippen LogP contribution in [0, 0.1) is 6.92 Å². The zero-order chi connectivity index (χ0) is 14.9. The number of nitrogens with zero attached hydrogens (tertiary/aromatic N) is 4. The number of aromatic nitrogens is 4. The molecule has 2 heterocycles. The SMILES string of the molecule is CCn1cc(NCc2cn(C)nc2C(F)(F)F)c(C)n1. The lowest BCUT2D eigenvalue weighted by Gasteiger charge is -2.07. The van der Waals surface area contributed by atoms with Crippen molar-refractivity contribution >= 4 is 5.69 Å². The van der Waals surface area contributed by atoms with Crippen LogP contribution in [0.4, 0.5) is 18.9 Å². The molecule has 20 heavy (non-hydrogen) atoms. The quantitative estimate of drug-likeness (QED) is 0.940. The molecule has 0 radical (unpaired) electrons. The number of halogens is 3. The van der Waals surface area contributed by atoms with Crippen LogP contribution in [-0.4, -0.2) is 19.6 Å². The molecule has 0 spiro atoms. The van der Waals surface area contributed by atoms with Gasteiger partial charge < -0.3 is 5.32 Å². The predicted octanol–water partition coefficient (Wildman–Crippen LogP) is 2.58. The monoisotopic (exact) mass is 287 g/mol. The van der Waals surface area contributed by atoms with Gasteiger partial charge in [0.1, 0.15) is 0 Å². The van der Waals surface area contributed by atoms with Gasteiger partial charge in [-0.25, -0.2) is 0 Å². The minimum atomic E-state index is -4.44. The van der Waals surface area contributed by atoms with Crippen LogP contribution < -0.4 is 5.32 Å². The van der Waals surface area contributed by atoms with E-state index in [4.69, 9.17) is 0 Å². The summed E-state index contributed by atoms with van der Waals surface area (Å²) in [6.07, 6.45) is -1.30. The topological polar surface area (TPSA) is 47.7 Å². The van der Waals surface area contributed by atoms with Crippen molar-refractivity contribution in [3.05, 3.63) is 29.3 Å². The van der Waals surface area contributed by atoms with Crippen LogP contribution in [0.25, 0.3) is 0 Å². The second kappa shape index (κ2) is 5.18. The number of anilines is 1. The molecule has 0 saturated carbocycles. The molecule has 0 unspecified atom stereocenters. The van der Waals surface area contributed by atoms with Crippen LogP contribution in [0.15, 0.2) is 12.4 Å². The Balaban J connectivity index is 2.16. The Bertz CT molecular complexity index is 597. The van der Waals surface area contributed by atoms with E-state index in [9.17, 15) is 13.2 Å². The Morgan fingerprint density at radius 2 is 1.95 bits per heavy atom. The summed E-state index contributed by atoms with van der Waals surface area (Å²) in [5.74, 6) is 0. The maximum absolute atomic E-state index is 12.8. The van der Waals surface area contributed by atoms with Gasteiger partial charge >= 0.3 is 6.18 Å². The first-order valence-electron chi connectivity index (χ1n) is 6.19. The molecule has 2 aromatic heterocycles. The van der Waals surface area contributed by atoms with Crippen LogP contribution in [0.1, 0.15) is 23.9 Å². The molecule has 0 aliphatic carbocycles. The summed E-state index contributed by atoms with van der Waals surface area (Å²) in [7, 11) is 1.47. The van der Waals surface area contributed by atoms with Gasteiger partial charge in [0, 0.05) is 38.1 Å². The number of aryl methyl sites for hydroxylation is 3. The second-order valence-electron chi connectivity index (χ2n) is 4.51. The van der Waals surface area contributed by atoms with E-state index in [0.717, 1.165) is 11.4 Å². The zero-order valence-electron chi connectivity index (χ0n) is 11.5. The van der Waals surface area contributed by atoms with Crippen molar-refractivity contribution in [2.24, 2.45) is 7.05 Å². The lowest BCUT2D eigenvalue weighted by atomic mass is 10.2. The highest BCUT2D eigenvalue weighted by Crippen LogP contribution is 2.31. The smallest absolute Gasteiger partial charge is 0.378 e. The molecule has 8 heteroatoms. The number of alkyl halides is 3. The Morgan fingerprint density at radius 1 is 1.25 bits per heavy atom. The Hall–Kier alpha value is -1.99. The lowest BCUT2D eigenvalue weighted by molar-refractivity contribution is -0.142. The number of hydrogen-bond donors (Lipinski definition) is 1. The van der Waals surface area contributed by atoms with E-state index in [1.54, 1.807) is 10.9 Å². The van der Waals surface area contributed by atoms with Crippen molar-refractivity contribution in [1.29, 1.82) is 0 Å². The highest BCUT2D eigenvalue weighted by molar-refractivity contribution is 5.46. The van der Waals surface area contributed by atoms with Crippen LogP contribution in [0.2, 0.25) is 0 Å². The maximum Gasteiger partial charge on any atom is 0.435 e. The molecule has 2 rings (SSSR count). The van der Waals surface area contributed by atoms with Gasteiger partial charge in [0.2, 0.25) is 0 Å². The highest BCUT2D eigenvalue weighted by atomic mass is 19.4. The predicted molar refractivity (Wildman–Crippen MR) is 68.2 cm³/mol. The third-order valence-corrected chi connectivity index (χ3v) is 2.91. The average molecular weight is 287 g/mol. The number of nitrogens with one attached hydrogen (secondary N) is 1. The van der Waals surface area contributed by atoms with E-state index in [-0.39, 0.29) is 12.1 Å². The molecule has 0 aliphatic heterocycles. The average Bonchev–Trinajstić information content (AvgIpc) is 2.89. The maximum atomic E-state index is 12.8. The van der Waals surface area contributed by atoms with Crippen molar-refractivity contribution < 1.29 is 13.2 Å². The molecule has 5 nitrogen and oxygen atoms in total. The van der Waals surface area contributed by atoms with E-state index >= 15 is 0 Å². The second-order valence-corrected chi connectivity index (χ2v) is 4.51. The van der Waals surface area contributed by atoms with Crippen molar-refractivity contribution in [1.82, 2.24) is 19.6 Å². The normalized spacial score (nSPS) is 11.9. The summed E-state index contributed by atoms with van der Waals surface area (Å²) < 4.78 is 41.3. The molecular weight excluding hydrogens is 271 g/mol. The fraction of sp³-hybridized carbons (Fsp3) is 0.500. The van der Waals surface area contributed by atoms with Gasteiger partial charge in [0.15, 0.2) is 5.69 Å². The molecule has 0 fully saturated rings. The van der Waals surface area contributed by atoms with E-state index in [1.165, 1.54) is 17.9 Å². The summed E-state index contributed by atoms with van der Waals surface area (Å²) in [6, 6.07) is 0. The van der Waals surface area contributed by atoms with Gasteiger partial charge in [-0.15, -0.1) is 0 Å². The first-order valence-corrected chi connectivity index (χ1v) is 6.19. The van der Waals surface area contributed by atoms with Crippen molar-refractivity contribution in [3.8, 4) is 0 Å². The van der Waals surface area contributed by atoms with E-state index in [2.05, 4.69) is 15.5 Å². The van der Waals surface area contributed by atoms with E-state index in [1.807, 2.05) is 13.8 Å². The van der Waals surface area contributed by atoms with Gasteiger partial charge in [0.05, 0.1) is 11.4 Å². The van der Waals surface area contributed by atoms with Gasteiger partial charge in [-0.3, -0.25) is 9.36 Å². The van der Waals surface area contributed by atoms with Gasteiger partial charge in [0.25, 0.3) is 0 Å². The van der Waals surface area contributed by atoms with Crippen LogP contribution in [-0.2, 0) is 26.3 Å². The number of rotatable bonds is 4. The molecule has 0 bridgehead atoms. The van der Waals surface area contributed by atoms with Crippen molar-refractivity contribution in [2.75, 3.05) is 5.32 Å². The molecule has 0 atom stereocenters. The molecule has 0 aromatic carbocycles. The fourth-order valence-corrected chi connectivity index (χ4v) is 1.95. The Labute approximate surface area is 114 Å². The largest absolute Gasteiger partial charge is 0.435 e. The molecule has 2 aromatic rings. The minimum Gasteiger partial charge on any atom is -0.378 e. The van der Waals surface area contributed by atoms with Crippen LogP contribution in [0.5, 0.6) is 0 Å². The van der Waals surface area contributed by atoms with Gasteiger partial charge in [-0.2, -0.15) is 23.4 Å². The highest BCUT2D eigenvalue weighted by Gasteiger charge is 2.36. The Morgan fingerprint density at radius 3 is 2.50 bits per heavy atom. The van der Waals surface area contributed by atoms with E-state index in [0.29, 0.717) is 6.54 Å². The summed E-state index contributed by atoms with van der Waals surface area (Å²) in [6.45, 7) is 4.52.